The average molecular weight is 509 g/mol. The molecule has 0 amide bonds. The first-order valence-corrected chi connectivity index (χ1v) is 13.1. The number of aliphatic hydroxyl groups is 7. The summed E-state index contributed by atoms with van der Waals surface area (Å²) in [6.07, 6.45) is -2.12. The van der Waals surface area contributed by atoms with Crippen LogP contribution in [0.4, 0.5) is 0 Å². The monoisotopic (exact) mass is 508 g/mol. The van der Waals surface area contributed by atoms with Crippen LogP contribution in [0, 0.1) is 5.92 Å². The first kappa shape index (κ1) is 29.1. The second kappa shape index (κ2) is 14.5. The van der Waals surface area contributed by atoms with Crippen LogP contribution in [0.25, 0.3) is 0 Å². The first-order valence-electron chi connectivity index (χ1n) is 13.1. The fourth-order valence-electron chi connectivity index (χ4n) is 5.26. The van der Waals surface area contributed by atoms with Crippen LogP contribution in [0.2, 0.25) is 0 Å². The van der Waals surface area contributed by atoms with E-state index in [-0.39, 0.29) is 0 Å². The van der Waals surface area contributed by atoms with Gasteiger partial charge < -0.3 is 54.7 Å². The molecule has 10 atom stereocenters. The lowest BCUT2D eigenvalue weighted by molar-refractivity contribution is -0.359. The van der Waals surface area contributed by atoms with Crippen LogP contribution >= 0.6 is 0 Å². The van der Waals surface area contributed by atoms with E-state index in [9.17, 15) is 35.7 Å². The van der Waals surface area contributed by atoms with E-state index < -0.39 is 74.6 Å². The van der Waals surface area contributed by atoms with E-state index >= 15 is 0 Å². The Morgan fingerprint density at radius 3 is 1.94 bits per heavy atom. The Bertz CT molecular complexity index is 586. The molecule has 7 N–H and O–H groups in total. The highest BCUT2D eigenvalue weighted by atomic mass is 16.7. The summed E-state index contributed by atoms with van der Waals surface area (Å²) < 4.78 is 22.1. The van der Waals surface area contributed by atoms with Crippen LogP contribution < -0.4 is 0 Å². The maximum absolute atomic E-state index is 10.6. The van der Waals surface area contributed by atoms with Crippen LogP contribution in [0.1, 0.15) is 64.2 Å². The van der Waals surface area contributed by atoms with Gasteiger partial charge in [-0.1, -0.05) is 57.8 Å². The lowest BCUT2D eigenvalue weighted by atomic mass is 9.85. The Labute approximate surface area is 206 Å². The highest BCUT2D eigenvalue weighted by molar-refractivity contribution is 4.94. The van der Waals surface area contributed by atoms with Gasteiger partial charge in [0.1, 0.15) is 48.8 Å². The Hall–Kier alpha value is -0.440. The maximum atomic E-state index is 10.6. The summed E-state index contributed by atoms with van der Waals surface area (Å²) in [5, 5.41) is 70.2. The Balaban J connectivity index is 1.41. The summed E-state index contributed by atoms with van der Waals surface area (Å²) in [4.78, 5) is 0. The second-order valence-corrected chi connectivity index (χ2v) is 10.1. The number of aliphatic hydroxyl groups excluding tert-OH is 7. The maximum Gasteiger partial charge on any atom is 0.187 e. The number of hydrogen-bond acceptors (Lipinski definition) is 11. The van der Waals surface area contributed by atoms with Crippen molar-refractivity contribution in [3.8, 4) is 0 Å². The highest BCUT2D eigenvalue weighted by Gasteiger charge is 2.50. The van der Waals surface area contributed by atoms with Gasteiger partial charge in [0.25, 0.3) is 0 Å². The predicted molar refractivity (Wildman–Crippen MR) is 122 cm³/mol. The molecule has 35 heavy (non-hydrogen) atoms. The second-order valence-electron chi connectivity index (χ2n) is 10.1. The molecule has 2 saturated heterocycles. The van der Waals surface area contributed by atoms with E-state index in [0.29, 0.717) is 6.61 Å². The summed E-state index contributed by atoms with van der Waals surface area (Å²) >= 11 is 0. The molecule has 1 saturated carbocycles. The standard InChI is InChI=1S/C24H44O11/c25-12-15-17(27)18(28)20(30)24(33-15)35-22-16(13-26)34-23(21(31)19(22)29)32-11-7-2-1-4-8-14-9-5-3-6-10-14/h14-31H,1-13H2/t15-,16-,17-,18+,19+,20-,21+,22+,23+,24-/m0/s1. The molecule has 2 heterocycles. The molecule has 11 heteroatoms. The molecule has 0 aromatic heterocycles. The molecule has 2 aliphatic heterocycles. The molecule has 0 bridgehead atoms. The number of hydrogen-bond donors (Lipinski definition) is 7. The van der Waals surface area contributed by atoms with Crippen molar-refractivity contribution in [2.75, 3.05) is 19.8 Å². The van der Waals surface area contributed by atoms with E-state index in [4.69, 9.17) is 18.9 Å². The Morgan fingerprint density at radius 2 is 1.26 bits per heavy atom. The molecule has 3 aliphatic rings. The summed E-state index contributed by atoms with van der Waals surface area (Å²) in [6.45, 7) is -0.891. The van der Waals surface area contributed by atoms with E-state index in [0.717, 1.165) is 25.2 Å². The van der Waals surface area contributed by atoms with Crippen LogP contribution in [0.3, 0.4) is 0 Å². The fraction of sp³-hybridized carbons (Fsp3) is 1.00. The zero-order chi connectivity index (χ0) is 25.4. The molecular formula is C24H44O11. The van der Waals surface area contributed by atoms with Gasteiger partial charge in [-0.05, 0) is 12.3 Å². The van der Waals surface area contributed by atoms with Gasteiger partial charge in [-0.2, -0.15) is 0 Å². The van der Waals surface area contributed by atoms with Gasteiger partial charge in [0.05, 0.1) is 13.2 Å². The minimum Gasteiger partial charge on any atom is -0.394 e. The minimum absolute atomic E-state index is 0.328. The third-order valence-corrected chi connectivity index (χ3v) is 7.47. The van der Waals surface area contributed by atoms with Gasteiger partial charge in [0, 0.05) is 6.61 Å². The summed E-state index contributed by atoms with van der Waals surface area (Å²) in [5.41, 5.74) is 0. The van der Waals surface area contributed by atoms with E-state index in [1.807, 2.05) is 0 Å². The Morgan fingerprint density at radius 1 is 0.629 bits per heavy atom. The van der Waals surface area contributed by atoms with Crippen LogP contribution in [0.5, 0.6) is 0 Å². The molecule has 1 aliphatic carbocycles. The van der Waals surface area contributed by atoms with Crippen molar-refractivity contribution in [2.45, 2.75) is 126 Å². The molecule has 0 radical (unpaired) electrons. The zero-order valence-electron chi connectivity index (χ0n) is 20.3. The molecule has 0 aromatic rings. The summed E-state index contributed by atoms with van der Waals surface area (Å²) in [5.74, 6) is 0.876. The van der Waals surface area contributed by atoms with Crippen molar-refractivity contribution in [3.63, 3.8) is 0 Å². The van der Waals surface area contributed by atoms with E-state index in [1.165, 1.54) is 44.9 Å². The first-order chi connectivity index (χ1) is 16.9. The predicted octanol–water partition coefficient (Wildman–Crippen LogP) is -0.842. The van der Waals surface area contributed by atoms with Crippen molar-refractivity contribution in [1.29, 1.82) is 0 Å². The lowest BCUT2D eigenvalue weighted by Gasteiger charge is -2.45. The number of unbranched alkanes of at least 4 members (excludes halogenated alkanes) is 3. The minimum atomic E-state index is -1.69. The van der Waals surface area contributed by atoms with Crippen LogP contribution in [-0.4, -0.2) is 117 Å². The normalized spacial score (nSPS) is 41.2. The SMILES string of the molecule is OC[C@@H]1O[C@@H](O[C@H]2[C@H](O)[C@@H](O)[C@H](OCCCCCCC3CCCCC3)O[C@H]2CO)[C@@H](O)[C@H](O)[C@H]1O. The van der Waals surface area contributed by atoms with Gasteiger partial charge in [-0.15, -0.1) is 0 Å². The molecule has 11 nitrogen and oxygen atoms in total. The topological polar surface area (TPSA) is 179 Å². The quantitative estimate of drug-likeness (QED) is 0.163. The van der Waals surface area contributed by atoms with E-state index in [1.54, 1.807) is 0 Å². The van der Waals surface area contributed by atoms with Crippen molar-refractivity contribution in [1.82, 2.24) is 0 Å². The van der Waals surface area contributed by atoms with Crippen molar-refractivity contribution in [3.05, 3.63) is 0 Å². The van der Waals surface area contributed by atoms with Crippen LogP contribution in [-0.2, 0) is 18.9 Å². The van der Waals surface area contributed by atoms with Gasteiger partial charge >= 0.3 is 0 Å². The molecule has 0 aromatic carbocycles. The third-order valence-electron chi connectivity index (χ3n) is 7.47. The fourth-order valence-corrected chi connectivity index (χ4v) is 5.26. The molecular weight excluding hydrogens is 464 g/mol. The van der Waals surface area contributed by atoms with Crippen molar-refractivity contribution in [2.24, 2.45) is 5.92 Å². The molecule has 0 spiro atoms. The van der Waals surface area contributed by atoms with E-state index in [2.05, 4.69) is 0 Å². The molecule has 3 fully saturated rings. The number of ether oxygens (including phenoxy) is 4. The smallest absolute Gasteiger partial charge is 0.187 e. The zero-order valence-corrected chi connectivity index (χ0v) is 20.3. The van der Waals surface area contributed by atoms with Gasteiger partial charge in [-0.3, -0.25) is 0 Å². The molecule has 206 valence electrons. The highest BCUT2D eigenvalue weighted by Crippen LogP contribution is 2.30. The Kier molecular flexibility index (Phi) is 12.1. The van der Waals surface area contributed by atoms with Gasteiger partial charge in [-0.25, -0.2) is 0 Å². The van der Waals surface area contributed by atoms with Crippen LogP contribution in [0.15, 0.2) is 0 Å². The third kappa shape index (κ3) is 7.78. The number of rotatable bonds is 12. The van der Waals surface area contributed by atoms with Crippen molar-refractivity contribution >= 4 is 0 Å². The summed E-state index contributed by atoms with van der Waals surface area (Å²) in [6, 6.07) is 0. The van der Waals surface area contributed by atoms with Gasteiger partial charge in [0.15, 0.2) is 12.6 Å². The van der Waals surface area contributed by atoms with Crippen molar-refractivity contribution < 1.29 is 54.7 Å². The largest absolute Gasteiger partial charge is 0.394 e. The molecule has 0 unspecified atom stereocenters. The molecule has 3 rings (SSSR count). The van der Waals surface area contributed by atoms with Gasteiger partial charge in [0.2, 0.25) is 0 Å². The summed E-state index contributed by atoms with van der Waals surface area (Å²) in [7, 11) is 0. The lowest BCUT2D eigenvalue weighted by Crippen LogP contribution is -2.64. The average Bonchev–Trinajstić information content (AvgIpc) is 2.87.